The number of nitrogens with zero attached hydrogens (tertiary/aromatic N) is 2. The highest BCUT2D eigenvalue weighted by Gasteiger charge is 2.43. The molecule has 2 nitrogen and oxygen atoms in total. The van der Waals surface area contributed by atoms with E-state index in [-0.39, 0.29) is 0 Å². The van der Waals surface area contributed by atoms with E-state index in [1.165, 1.54) is 56.0 Å². The zero-order valence-electron chi connectivity index (χ0n) is 17.5. The van der Waals surface area contributed by atoms with Gasteiger partial charge in [0.05, 0.1) is 0 Å². The van der Waals surface area contributed by atoms with Gasteiger partial charge < -0.3 is 4.90 Å². The molecule has 3 heteroatoms. The smallest absolute Gasteiger partial charge is 0.0234 e. The molecule has 1 spiro atoms. The quantitative estimate of drug-likeness (QED) is 0.613. The lowest BCUT2D eigenvalue weighted by Crippen LogP contribution is -2.59. The molecule has 1 aromatic carbocycles. The van der Waals surface area contributed by atoms with E-state index in [1.54, 1.807) is 0 Å². The highest BCUT2D eigenvalue weighted by molar-refractivity contribution is 7.99. The van der Waals surface area contributed by atoms with Crippen LogP contribution in [0.1, 0.15) is 59.9 Å². The van der Waals surface area contributed by atoms with Crippen LogP contribution >= 0.6 is 11.8 Å². The summed E-state index contributed by atoms with van der Waals surface area (Å²) in [7, 11) is 0. The van der Waals surface area contributed by atoms with Gasteiger partial charge in [0.25, 0.3) is 0 Å². The number of rotatable bonds is 5. The fourth-order valence-corrected chi connectivity index (χ4v) is 4.53. The van der Waals surface area contributed by atoms with Crippen molar-refractivity contribution < 1.29 is 0 Å². The van der Waals surface area contributed by atoms with Crippen LogP contribution in [-0.2, 0) is 6.54 Å². The Bertz CT molecular complexity index is 459. The second-order valence-electron chi connectivity index (χ2n) is 6.66. The molecule has 2 saturated heterocycles. The van der Waals surface area contributed by atoms with Crippen molar-refractivity contribution in [2.45, 2.75) is 65.8 Å². The number of benzene rings is 1. The summed E-state index contributed by atoms with van der Waals surface area (Å²) in [6, 6.07) is 9.10. The highest BCUT2D eigenvalue weighted by atomic mass is 32.2. The van der Waals surface area contributed by atoms with E-state index in [4.69, 9.17) is 0 Å². The first-order chi connectivity index (χ1) is 12.2. The van der Waals surface area contributed by atoms with Crippen molar-refractivity contribution in [2.75, 3.05) is 38.5 Å². The Kier molecular flexibility index (Phi) is 10.8. The molecular weight excluding hydrogens is 324 g/mol. The Morgan fingerprint density at radius 2 is 1.60 bits per heavy atom. The van der Waals surface area contributed by atoms with Crippen LogP contribution in [-0.4, -0.2) is 48.3 Å². The minimum atomic E-state index is 0.673. The topological polar surface area (TPSA) is 6.48 Å². The summed E-state index contributed by atoms with van der Waals surface area (Å²) >= 11 is 1.94. The van der Waals surface area contributed by atoms with Gasteiger partial charge in [0.2, 0.25) is 0 Å². The molecule has 2 heterocycles. The number of hydrogen-bond donors (Lipinski definition) is 0. The minimum absolute atomic E-state index is 0.673. The van der Waals surface area contributed by atoms with Crippen LogP contribution in [0.5, 0.6) is 0 Å². The Labute approximate surface area is 161 Å². The number of hydrogen-bond acceptors (Lipinski definition) is 3. The van der Waals surface area contributed by atoms with Crippen molar-refractivity contribution in [1.29, 1.82) is 0 Å². The highest BCUT2D eigenvalue weighted by Crippen LogP contribution is 2.40. The van der Waals surface area contributed by atoms with E-state index in [0.717, 1.165) is 12.3 Å². The summed E-state index contributed by atoms with van der Waals surface area (Å²) in [5.41, 5.74) is 2.15. The number of likely N-dealkylation sites (tertiary alicyclic amines) is 2. The predicted octanol–water partition coefficient (Wildman–Crippen LogP) is 5.77. The van der Waals surface area contributed by atoms with Crippen molar-refractivity contribution in [1.82, 2.24) is 9.80 Å². The monoisotopic (exact) mass is 364 g/mol. The fourth-order valence-electron chi connectivity index (χ4n) is 3.79. The Hall–Kier alpha value is -0.510. The fraction of sp³-hybridized carbons (Fsp3) is 0.727. The number of thioether (sulfide) groups is 1. The minimum Gasteiger partial charge on any atom is -0.302 e. The third-order valence-electron chi connectivity index (χ3n) is 5.10. The molecule has 25 heavy (non-hydrogen) atoms. The maximum Gasteiger partial charge on any atom is 0.0234 e. The van der Waals surface area contributed by atoms with Crippen LogP contribution in [0, 0.1) is 5.41 Å². The molecule has 0 unspecified atom stereocenters. The maximum absolute atomic E-state index is 2.65. The molecular formula is C22H40N2S. The van der Waals surface area contributed by atoms with E-state index >= 15 is 0 Å². The molecule has 0 aromatic heterocycles. The van der Waals surface area contributed by atoms with Crippen LogP contribution in [0.3, 0.4) is 0 Å². The van der Waals surface area contributed by atoms with Gasteiger partial charge in [-0.05, 0) is 61.3 Å². The lowest BCUT2D eigenvalue weighted by molar-refractivity contribution is -0.0447. The molecule has 0 amide bonds. The Balaban J connectivity index is 0.000000730. The SMILES string of the molecule is CC.CC.CCSc1cccc(CN2CCC3(CC2)CN(CC)C3)c1. The summed E-state index contributed by atoms with van der Waals surface area (Å²) in [4.78, 5) is 6.65. The second kappa shape index (κ2) is 12.0. The average Bonchev–Trinajstić information content (AvgIpc) is 2.64. The zero-order valence-corrected chi connectivity index (χ0v) is 18.3. The van der Waals surface area contributed by atoms with Crippen molar-refractivity contribution in [3.8, 4) is 0 Å². The molecule has 0 N–H and O–H groups in total. The van der Waals surface area contributed by atoms with Gasteiger partial charge >= 0.3 is 0 Å². The van der Waals surface area contributed by atoms with E-state index in [1.807, 2.05) is 39.5 Å². The summed E-state index contributed by atoms with van der Waals surface area (Å²) in [5, 5.41) is 0. The summed E-state index contributed by atoms with van der Waals surface area (Å²) in [5.74, 6) is 1.16. The van der Waals surface area contributed by atoms with Crippen LogP contribution in [0.25, 0.3) is 0 Å². The standard InChI is InChI=1S/C18H28N2S.2C2H6/c1-3-19-14-18(15-19)8-10-20(11-9-18)13-16-6-5-7-17(12-16)21-4-2;2*1-2/h5-7,12H,3-4,8-11,13-15H2,1-2H3;2*1-2H3. The third-order valence-corrected chi connectivity index (χ3v) is 5.97. The molecule has 2 fully saturated rings. The van der Waals surface area contributed by atoms with E-state index in [0.29, 0.717) is 5.41 Å². The average molecular weight is 365 g/mol. The van der Waals surface area contributed by atoms with Gasteiger partial charge in [-0.1, -0.05) is 53.7 Å². The Morgan fingerprint density at radius 1 is 0.960 bits per heavy atom. The van der Waals surface area contributed by atoms with E-state index < -0.39 is 0 Å². The van der Waals surface area contributed by atoms with Gasteiger partial charge in [-0.3, -0.25) is 4.90 Å². The Morgan fingerprint density at radius 3 is 2.16 bits per heavy atom. The molecule has 2 aliphatic heterocycles. The molecule has 144 valence electrons. The van der Waals surface area contributed by atoms with Crippen LogP contribution in [0.2, 0.25) is 0 Å². The number of piperidine rings is 1. The van der Waals surface area contributed by atoms with Crippen LogP contribution in [0.4, 0.5) is 0 Å². The summed E-state index contributed by atoms with van der Waals surface area (Å²) in [6.45, 7) is 20.1. The molecule has 0 aliphatic carbocycles. The van der Waals surface area contributed by atoms with Gasteiger partial charge in [0.1, 0.15) is 0 Å². The first-order valence-corrected chi connectivity index (χ1v) is 11.4. The predicted molar refractivity (Wildman–Crippen MR) is 115 cm³/mol. The van der Waals surface area contributed by atoms with Gasteiger partial charge in [-0.15, -0.1) is 11.8 Å². The molecule has 1 aromatic rings. The molecule has 3 rings (SSSR count). The van der Waals surface area contributed by atoms with Crippen molar-refractivity contribution in [3.05, 3.63) is 29.8 Å². The van der Waals surface area contributed by atoms with Gasteiger partial charge in [0, 0.05) is 24.5 Å². The first kappa shape index (κ1) is 22.5. The zero-order chi connectivity index (χ0) is 18.7. The van der Waals surface area contributed by atoms with Crippen LogP contribution < -0.4 is 0 Å². The molecule has 0 radical (unpaired) electrons. The van der Waals surface area contributed by atoms with E-state index in [9.17, 15) is 0 Å². The molecule has 0 bridgehead atoms. The summed E-state index contributed by atoms with van der Waals surface area (Å²) in [6.07, 6.45) is 2.79. The molecule has 0 saturated carbocycles. The molecule has 2 aliphatic rings. The normalized spacial score (nSPS) is 19.3. The van der Waals surface area contributed by atoms with Crippen molar-refractivity contribution in [2.24, 2.45) is 5.41 Å². The lowest BCUT2D eigenvalue weighted by atomic mass is 9.72. The lowest BCUT2D eigenvalue weighted by Gasteiger charge is -2.54. The summed E-state index contributed by atoms with van der Waals surface area (Å²) < 4.78 is 0. The maximum atomic E-state index is 2.65. The second-order valence-corrected chi connectivity index (χ2v) is 8.00. The third kappa shape index (κ3) is 6.62. The van der Waals surface area contributed by atoms with Gasteiger partial charge in [0.15, 0.2) is 0 Å². The first-order valence-electron chi connectivity index (χ1n) is 10.4. The largest absolute Gasteiger partial charge is 0.302 e. The van der Waals surface area contributed by atoms with Crippen LogP contribution in [0.15, 0.2) is 29.2 Å². The van der Waals surface area contributed by atoms with E-state index in [2.05, 4.69) is 47.9 Å². The van der Waals surface area contributed by atoms with Crippen molar-refractivity contribution >= 4 is 11.8 Å². The van der Waals surface area contributed by atoms with Gasteiger partial charge in [-0.25, -0.2) is 0 Å². The molecule has 0 atom stereocenters. The van der Waals surface area contributed by atoms with Crippen molar-refractivity contribution in [3.63, 3.8) is 0 Å². The van der Waals surface area contributed by atoms with Gasteiger partial charge in [-0.2, -0.15) is 0 Å².